The summed E-state index contributed by atoms with van der Waals surface area (Å²) < 4.78 is 10.9. The molecule has 0 unspecified atom stereocenters. The van der Waals surface area contributed by atoms with Crippen LogP contribution in [0.15, 0.2) is 12.1 Å². The van der Waals surface area contributed by atoms with Gasteiger partial charge in [-0.2, -0.15) is 0 Å². The lowest BCUT2D eigenvalue weighted by Gasteiger charge is -2.19. The third-order valence-corrected chi connectivity index (χ3v) is 2.81. The molecule has 90 valence electrons. The van der Waals surface area contributed by atoms with E-state index in [1.54, 1.807) is 14.2 Å². The lowest BCUT2D eigenvalue weighted by Crippen LogP contribution is -2.01. The van der Waals surface area contributed by atoms with Crippen LogP contribution in [0.5, 0.6) is 11.5 Å². The molecular weight excluding hydrogens is 200 g/mol. The van der Waals surface area contributed by atoms with Crippen molar-refractivity contribution in [3.8, 4) is 11.5 Å². The predicted molar refractivity (Wildman–Crippen MR) is 67.7 cm³/mol. The van der Waals surface area contributed by atoms with Crippen molar-refractivity contribution >= 4 is 0 Å². The average molecular weight is 222 g/mol. The van der Waals surface area contributed by atoms with E-state index in [0.717, 1.165) is 17.1 Å². The molecule has 0 radical (unpaired) electrons. The number of methoxy groups -OCH3 is 2. The maximum atomic E-state index is 5.46. The molecule has 0 heterocycles. The Kier molecular flexibility index (Phi) is 4.22. The molecule has 0 bridgehead atoms. The van der Waals surface area contributed by atoms with Crippen LogP contribution in [0, 0.1) is 0 Å². The second kappa shape index (κ2) is 5.24. The Balaban J connectivity index is 3.37. The Labute approximate surface area is 98.6 Å². The fraction of sp³-hybridized carbons (Fsp3) is 0.571. The molecule has 2 nitrogen and oxygen atoms in total. The van der Waals surface area contributed by atoms with E-state index in [9.17, 15) is 0 Å². The molecule has 0 aromatic heterocycles. The highest BCUT2D eigenvalue weighted by Crippen LogP contribution is 2.37. The third-order valence-electron chi connectivity index (χ3n) is 2.81. The van der Waals surface area contributed by atoms with Crippen molar-refractivity contribution in [2.24, 2.45) is 0 Å². The summed E-state index contributed by atoms with van der Waals surface area (Å²) in [5, 5.41) is 0. The summed E-state index contributed by atoms with van der Waals surface area (Å²) in [5.74, 6) is 2.73. The van der Waals surface area contributed by atoms with Crippen LogP contribution >= 0.6 is 0 Å². The molecule has 0 fully saturated rings. The first kappa shape index (κ1) is 12.9. The average Bonchev–Trinajstić information content (AvgIpc) is 2.26. The van der Waals surface area contributed by atoms with Crippen LogP contribution in [0.2, 0.25) is 0 Å². The van der Waals surface area contributed by atoms with Crippen LogP contribution in [-0.2, 0) is 0 Å². The van der Waals surface area contributed by atoms with E-state index in [-0.39, 0.29) is 0 Å². The van der Waals surface area contributed by atoms with Gasteiger partial charge in [0.15, 0.2) is 0 Å². The minimum Gasteiger partial charge on any atom is -0.496 e. The van der Waals surface area contributed by atoms with Crippen LogP contribution in [0.1, 0.15) is 50.7 Å². The van der Waals surface area contributed by atoms with Crippen LogP contribution in [0.4, 0.5) is 0 Å². The summed E-state index contributed by atoms with van der Waals surface area (Å²) in [7, 11) is 3.43. The quantitative estimate of drug-likeness (QED) is 0.768. The third kappa shape index (κ3) is 2.49. The van der Waals surface area contributed by atoms with Gasteiger partial charge in [0.1, 0.15) is 11.5 Å². The van der Waals surface area contributed by atoms with E-state index in [1.807, 2.05) is 0 Å². The fourth-order valence-corrected chi connectivity index (χ4v) is 1.86. The molecule has 1 rings (SSSR count). The summed E-state index contributed by atoms with van der Waals surface area (Å²) in [6.07, 6.45) is 0. The monoisotopic (exact) mass is 222 g/mol. The first-order valence-corrected chi connectivity index (χ1v) is 5.77. The molecule has 0 aliphatic rings. The molecule has 0 atom stereocenters. The van der Waals surface area contributed by atoms with Gasteiger partial charge in [-0.15, -0.1) is 0 Å². The highest BCUT2D eigenvalue weighted by atomic mass is 16.5. The van der Waals surface area contributed by atoms with E-state index >= 15 is 0 Å². The molecule has 0 aliphatic carbocycles. The van der Waals surface area contributed by atoms with Crippen molar-refractivity contribution in [2.75, 3.05) is 14.2 Å². The molecule has 0 saturated carbocycles. The summed E-state index contributed by atoms with van der Waals surface area (Å²) >= 11 is 0. The summed E-state index contributed by atoms with van der Waals surface area (Å²) in [5.41, 5.74) is 2.40. The summed E-state index contributed by atoms with van der Waals surface area (Å²) in [6.45, 7) is 8.64. The Morgan fingerprint density at radius 1 is 0.812 bits per heavy atom. The van der Waals surface area contributed by atoms with E-state index in [4.69, 9.17) is 9.47 Å². The molecule has 0 amide bonds. The Morgan fingerprint density at radius 3 is 1.50 bits per heavy atom. The lowest BCUT2D eigenvalue weighted by atomic mass is 9.95. The molecule has 0 N–H and O–H groups in total. The minimum atomic E-state index is 0.395. The largest absolute Gasteiger partial charge is 0.496 e. The number of rotatable bonds is 4. The van der Waals surface area contributed by atoms with E-state index in [2.05, 4.69) is 39.8 Å². The maximum Gasteiger partial charge on any atom is 0.126 e. The zero-order chi connectivity index (χ0) is 12.3. The van der Waals surface area contributed by atoms with Gasteiger partial charge < -0.3 is 9.47 Å². The summed E-state index contributed by atoms with van der Waals surface area (Å²) in [4.78, 5) is 0. The maximum absolute atomic E-state index is 5.46. The first-order chi connectivity index (χ1) is 7.51. The zero-order valence-electron chi connectivity index (χ0n) is 11.1. The molecule has 1 aromatic rings. The molecule has 1 aromatic carbocycles. The van der Waals surface area contributed by atoms with Crippen LogP contribution in [0.3, 0.4) is 0 Å². The Hall–Kier alpha value is -1.18. The van der Waals surface area contributed by atoms with Gasteiger partial charge in [0.25, 0.3) is 0 Å². The standard InChI is InChI=1S/C14H22O2/c1-9(2)11-7-12(15-5)14(10(3)4)13(8-11)16-6/h7-10H,1-6H3. The molecule has 16 heavy (non-hydrogen) atoms. The fourth-order valence-electron chi connectivity index (χ4n) is 1.86. The minimum absolute atomic E-state index is 0.395. The van der Waals surface area contributed by atoms with Gasteiger partial charge in [-0.05, 0) is 29.5 Å². The first-order valence-electron chi connectivity index (χ1n) is 5.77. The van der Waals surface area contributed by atoms with Gasteiger partial charge in [-0.3, -0.25) is 0 Å². The van der Waals surface area contributed by atoms with Gasteiger partial charge in [-0.25, -0.2) is 0 Å². The SMILES string of the molecule is COc1cc(C(C)C)cc(OC)c1C(C)C. The van der Waals surface area contributed by atoms with Crippen LogP contribution in [0.25, 0.3) is 0 Å². The van der Waals surface area contributed by atoms with Crippen LogP contribution < -0.4 is 9.47 Å². The topological polar surface area (TPSA) is 18.5 Å². The molecule has 0 spiro atoms. The second-order valence-electron chi connectivity index (χ2n) is 4.65. The Morgan fingerprint density at radius 2 is 1.25 bits per heavy atom. The number of hydrogen-bond donors (Lipinski definition) is 0. The molecule has 0 aliphatic heterocycles. The highest BCUT2D eigenvalue weighted by Gasteiger charge is 2.16. The van der Waals surface area contributed by atoms with Crippen molar-refractivity contribution in [3.63, 3.8) is 0 Å². The molecule has 0 saturated heterocycles. The number of ether oxygens (including phenoxy) is 2. The van der Waals surface area contributed by atoms with Crippen molar-refractivity contribution in [1.29, 1.82) is 0 Å². The summed E-state index contributed by atoms with van der Waals surface area (Å²) in [6, 6.07) is 4.23. The highest BCUT2D eigenvalue weighted by molar-refractivity contribution is 5.50. The normalized spacial score (nSPS) is 11.0. The molecule has 2 heteroatoms. The lowest BCUT2D eigenvalue weighted by molar-refractivity contribution is 0.380. The Bertz CT molecular complexity index is 329. The predicted octanol–water partition coefficient (Wildman–Crippen LogP) is 3.95. The smallest absolute Gasteiger partial charge is 0.126 e. The van der Waals surface area contributed by atoms with E-state index in [1.165, 1.54) is 5.56 Å². The van der Waals surface area contributed by atoms with Gasteiger partial charge >= 0.3 is 0 Å². The van der Waals surface area contributed by atoms with Crippen LogP contribution in [-0.4, -0.2) is 14.2 Å². The van der Waals surface area contributed by atoms with Crippen molar-refractivity contribution in [1.82, 2.24) is 0 Å². The van der Waals surface area contributed by atoms with E-state index < -0.39 is 0 Å². The van der Waals surface area contributed by atoms with Crippen molar-refractivity contribution in [3.05, 3.63) is 23.3 Å². The van der Waals surface area contributed by atoms with Crippen molar-refractivity contribution in [2.45, 2.75) is 39.5 Å². The van der Waals surface area contributed by atoms with Gasteiger partial charge in [0.05, 0.1) is 14.2 Å². The second-order valence-corrected chi connectivity index (χ2v) is 4.65. The van der Waals surface area contributed by atoms with Gasteiger partial charge in [-0.1, -0.05) is 27.7 Å². The van der Waals surface area contributed by atoms with Crippen molar-refractivity contribution < 1.29 is 9.47 Å². The van der Waals surface area contributed by atoms with Gasteiger partial charge in [0.2, 0.25) is 0 Å². The van der Waals surface area contributed by atoms with E-state index in [0.29, 0.717) is 11.8 Å². The number of benzene rings is 1. The number of hydrogen-bond acceptors (Lipinski definition) is 2. The zero-order valence-corrected chi connectivity index (χ0v) is 11.1. The van der Waals surface area contributed by atoms with Gasteiger partial charge in [0, 0.05) is 5.56 Å². The molecular formula is C14H22O2.